The van der Waals surface area contributed by atoms with Gasteiger partial charge in [-0.1, -0.05) is 41.9 Å². The van der Waals surface area contributed by atoms with Crippen molar-refractivity contribution in [2.75, 3.05) is 26.2 Å². The second-order valence-corrected chi connectivity index (χ2v) is 7.17. The summed E-state index contributed by atoms with van der Waals surface area (Å²) in [5.74, 6) is 1.84. The van der Waals surface area contributed by atoms with Crippen LogP contribution in [0.2, 0.25) is 5.02 Å². The topological polar surface area (TPSA) is 41.6 Å². The van der Waals surface area contributed by atoms with E-state index in [1.165, 1.54) is 0 Å². The summed E-state index contributed by atoms with van der Waals surface area (Å²) in [4.78, 5) is 14.9. The number of hydrogen-bond acceptors (Lipinski definition) is 3. The van der Waals surface area contributed by atoms with E-state index in [1.54, 1.807) is 0 Å². The van der Waals surface area contributed by atoms with Gasteiger partial charge in [-0.15, -0.1) is 12.4 Å². The molecule has 4 rings (SSSR count). The first-order valence-electron chi connectivity index (χ1n) is 8.67. The molecule has 0 spiro atoms. The molecule has 1 N–H and O–H groups in total. The second kappa shape index (κ2) is 8.30. The molecule has 138 valence electrons. The summed E-state index contributed by atoms with van der Waals surface area (Å²) in [7, 11) is 0. The number of hydrogen-bond donors (Lipinski definition) is 1. The third kappa shape index (κ3) is 3.83. The number of likely N-dealkylation sites (tertiary alicyclic amines) is 1. The van der Waals surface area contributed by atoms with Crippen molar-refractivity contribution in [1.29, 1.82) is 0 Å². The molecule has 2 fully saturated rings. The molecule has 4 nitrogen and oxygen atoms in total. The first-order valence-corrected chi connectivity index (χ1v) is 9.05. The molecule has 0 aromatic heterocycles. The highest BCUT2D eigenvalue weighted by Gasteiger charge is 2.38. The number of carbonyl (C=O) groups is 1. The number of carbonyl (C=O) groups excluding carboxylic acids is 1. The fraction of sp³-hybridized carbons (Fsp3) is 0.350. The van der Waals surface area contributed by atoms with E-state index in [-0.39, 0.29) is 18.3 Å². The third-order valence-electron chi connectivity index (χ3n) is 5.14. The number of ether oxygens (including phenoxy) is 1. The molecule has 6 heteroatoms. The van der Waals surface area contributed by atoms with Crippen LogP contribution in [0.3, 0.4) is 0 Å². The summed E-state index contributed by atoms with van der Waals surface area (Å²) < 4.78 is 5.93. The molecule has 0 aliphatic carbocycles. The number of nitrogens with zero attached hydrogens (tertiary/aromatic N) is 1. The molecule has 0 radical (unpaired) electrons. The lowest BCUT2D eigenvalue weighted by Crippen LogP contribution is -2.32. The highest BCUT2D eigenvalue weighted by atomic mass is 35.5. The van der Waals surface area contributed by atoms with Crippen molar-refractivity contribution in [3.05, 3.63) is 64.7 Å². The normalized spacial score (nSPS) is 21.2. The molecular weight excluding hydrogens is 371 g/mol. The molecule has 2 saturated heterocycles. The fourth-order valence-electron chi connectivity index (χ4n) is 3.73. The average molecular weight is 393 g/mol. The summed E-state index contributed by atoms with van der Waals surface area (Å²) in [6, 6.07) is 15.1. The van der Waals surface area contributed by atoms with Crippen LogP contribution in [0.1, 0.15) is 15.9 Å². The molecule has 1 amide bonds. The Morgan fingerprint density at radius 3 is 2.46 bits per heavy atom. The number of fused-ring (bicyclic) bond motifs is 1. The molecule has 0 bridgehead atoms. The zero-order valence-electron chi connectivity index (χ0n) is 14.4. The minimum Gasteiger partial charge on any atom is -0.488 e. The van der Waals surface area contributed by atoms with E-state index in [2.05, 4.69) is 5.32 Å². The Labute approximate surface area is 164 Å². The molecular formula is C20H22Cl2N2O2. The minimum atomic E-state index is 0. The third-order valence-corrected chi connectivity index (χ3v) is 5.50. The van der Waals surface area contributed by atoms with E-state index < -0.39 is 0 Å². The van der Waals surface area contributed by atoms with E-state index in [1.807, 2.05) is 53.4 Å². The molecule has 2 aliphatic heterocycles. The summed E-state index contributed by atoms with van der Waals surface area (Å²) in [5, 5.41) is 4.08. The predicted molar refractivity (Wildman–Crippen MR) is 105 cm³/mol. The molecule has 26 heavy (non-hydrogen) atoms. The average Bonchev–Trinajstić information content (AvgIpc) is 3.23. The van der Waals surface area contributed by atoms with Crippen molar-refractivity contribution < 1.29 is 9.53 Å². The van der Waals surface area contributed by atoms with Crippen LogP contribution < -0.4 is 10.1 Å². The summed E-state index contributed by atoms with van der Waals surface area (Å²) >= 11 is 6.19. The maximum absolute atomic E-state index is 13.0. The van der Waals surface area contributed by atoms with Gasteiger partial charge in [-0.3, -0.25) is 4.79 Å². The Hall–Kier alpha value is -1.75. The van der Waals surface area contributed by atoms with Crippen LogP contribution in [0.4, 0.5) is 0 Å². The molecule has 2 heterocycles. The van der Waals surface area contributed by atoms with Gasteiger partial charge in [0.1, 0.15) is 12.4 Å². The number of rotatable bonds is 4. The zero-order valence-corrected chi connectivity index (χ0v) is 15.9. The lowest BCUT2D eigenvalue weighted by Gasteiger charge is -2.19. The summed E-state index contributed by atoms with van der Waals surface area (Å²) in [5.41, 5.74) is 1.54. The summed E-state index contributed by atoms with van der Waals surface area (Å²) in [6.45, 7) is 4.03. The van der Waals surface area contributed by atoms with E-state index >= 15 is 0 Å². The quantitative estimate of drug-likeness (QED) is 0.863. The van der Waals surface area contributed by atoms with Gasteiger partial charge in [0.2, 0.25) is 0 Å². The van der Waals surface area contributed by atoms with E-state index in [0.717, 1.165) is 31.7 Å². The Bertz CT molecular complexity index is 772. The largest absolute Gasteiger partial charge is 0.488 e. The smallest absolute Gasteiger partial charge is 0.257 e. The lowest BCUT2D eigenvalue weighted by atomic mass is 10.0. The number of nitrogens with one attached hydrogen (secondary N) is 1. The Balaban J connectivity index is 0.00000196. The van der Waals surface area contributed by atoms with Gasteiger partial charge in [0.05, 0.1) is 5.56 Å². The molecule has 2 aromatic carbocycles. The van der Waals surface area contributed by atoms with Crippen LogP contribution in [-0.2, 0) is 6.61 Å². The van der Waals surface area contributed by atoms with Gasteiger partial charge in [-0.2, -0.15) is 0 Å². The first-order chi connectivity index (χ1) is 12.2. The van der Waals surface area contributed by atoms with Gasteiger partial charge in [0, 0.05) is 36.8 Å². The van der Waals surface area contributed by atoms with Crippen molar-refractivity contribution in [3.63, 3.8) is 0 Å². The number of amides is 1. The summed E-state index contributed by atoms with van der Waals surface area (Å²) in [6.07, 6.45) is 0. The molecule has 0 saturated carbocycles. The number of halogens is 2. The van der Waals surface area contributed by atoms with Crippen molar-refractivity contribution in [3.8, 4) is 5.75 Å². The lowest BCUT2D eigenvalue weighted by molar-refractivity contribution is 0.0777. The molecule has 2 aromatic rings. The van der Waals surface area contributed by atoms with Crippen molar-refractivity contribution >= 4 is 29.9 Å². The van der Waals surface area contributed by atoms with Crippen LogP contribution in [0.15, 0.2) is 48.5 Å². The highest BCUT2D eigenvalue weighted by Crippen LogP contribution is 2.30. The van der Waals surface area contributed by atoms with Crippen molar-refractivity contribution in [2.24, 2.45) is 11.8 Å². The molecule has 2 atom stereocenters. The highest BCUT2D eigenvalue weighted by molar-refractivity contribution is 6.31. The zero-order chi connectivity index (χ0) is 17.2. The van der Waals surface area contributed by atoms with Gasteiger partial charge in [0.25, 0.3) is 5.91 Å². The Morgan fingerprint density at radius 1 is 1.08 bits per heavy atom. The van der Waals surface area contributed by atoms with Crippen LogP contribution in [0.25, 0.3) is 0 Å². The Kier molecular flexibility index (Phi) is 6.07. The standard InChI is InChI=1S/C20H21ClN2O2.ClH/c21-18-7-3-1-5-14(18)13-25-19-8-4-2-6-17(19)20(24)23-11-15-9-22-10-16(15)12-23;/h1-8,15-16,22H,9-13H2;1H/t15-,16+;. The molecule has 2 aliphatic rings. The van der Waals surface area contributed by atoms with Gasteiger partial charge < -0.3 is 15.0 Å². The van der Waals surface area contributed by atoms with E-state index in [0.29, 0.717) is 34.8 Å². The number of para-hydroxylation sites is 1. The van der Waals surface area contributed by atoms with Gasteiger partial charge in [-0.25, -0.2) is 0 Å². The van der Waals surface area contributed by atoms with Crippen LogP contribution in [-0.4, -0.2) is 37.0 Å². The molecule has 0 unspecified atom stereocenters. The SMILES string of the molecule is Cl.O=C(c1ccccc1OCc1ccccc1Cl)N1C[C@H]2CNC[C@H]2C1. The number of benzene rings is 2. The van der Waals surface area contributed by atoms with Crippen molar-refractivity contribution in [2.45, 2.75) is 6.61 Å². The van der Waals surface area contributed by atoms with Crippen LogP contribution in [0.5, 0.6) is 5.75 Å². The predicted octanol–water partition coefficient (Wildman–Crippen LogP) is 3.63. The van der Waals surface area contributed by atoms with E-state index in [4.69, 9.17) is 16.3 Å². The Morgan fingerprint density at radius 2 is 1.73 bits per heavy atom. The first kappa shape index (κ1) is 19.0. The van der Waals surface area contributed by atoms with Crippen molar-refractivity contribution in [1.82, 2.24) is 10.2 Å². The monoisotopic (exact) mass is 392 g/mol. The maximum Gasteiger partial charge on any atom is 0.257 e. The van der Waals surface area contributed by atoms with Crippen LogP contribution in [0, 0.1) is 11.8 Å². The minimum absolute atomic E-state index is 0. The fourth-order valence-corrected chi connectivity index (χ4v) is 3.92. The van der Waals surface area contributed by atoms with E-state index in [9.17, 15) is 4.79 Å². The van der Waals surface area contributed by atoms with Crippen LogP contribution >= 0.6 is 24.0 Å². The maximum atomic E-state index is 13.0. The van der Waals surface area contributed by atoms with Gasteiger partial charge in [0.15, 0.2) is 0 Å². The van der Waals surface area contributed by atoms with Gasteiger partial charge in [-0.05, 0) is 30.0 Å². The van der Waals surface area contributed by atoms with Gasteiger partial charge >= 0.3 is 0 Å². The second-order valence-electron chi connectivity index (χ2n) is 6.76.